The maximum absolute atomic E-state index is 9.75. The zero-order chi connectivity index (χ0) is 13.5. The van der Waals surface area contributed by atoms with Crippen LogP contribution in [-0.4, -0.2) is 21.8 Å². The first-order valence-corrected chi connectivity index (χ1v) is 2.62. The Morgan fingerprint density at radius 1 is 0.312 bits per heavy atom. The monoisotopic (exact) mass is 414 g/mol. The molecule has 0 aromatic heterocycles. The fourth-order valence-corrected chi connectivity index (χ4v) is 0. The molecular weight excluding hydrogens is 412 g/mol. The van der Waals surface area contributed by atoms with Crippen LogP contribution in [0.4, 0.5) is 51.8 Å². The summed E-state index contributed by atoms with van der Waals surface area (Å²) in [5.41, 5.74) is 0. The Bertz CT molecular complexity index is 91.3. The SMILES string of the molecule is F[B-](F)(F)F.F[B-](F)(F)F.F[B-](F)(F)F.[Eu+3]. The third-order valence-corrected chi connectivity index (χ3v) is 0. The Balaban J connectivity index is -0.0000000655. The molecule has 16 heteroatoms. The standard InChI is InChI=1S/3BF4.Eu/c3*2-1(3,4)5;/q3*-1;+3. The van der Waals surface area contributed by atoms with Gasteiger partial charge in [-0.1, -0.05) is 0 Å². The van der Waals surface area contributed by atoms with Crippen LogP contribution < -0.4 is 0 Å². The van der Waals surface area contributed by atoms with E-state index in [-0.39, 0.29) is 49.4 Å². The van der Waals surface area contributed by atoms with Gasteiger partial charge < -0.3 is 51.8 Å². The molecule has 0 bridgehead atoms. The molecule has 0 aromatic carbocycles. The maximum atomic E-state index is 9.75. The number of rotatable bonds is 0. The van der Waals surface area contributed by atoms with Crippen LogP contribution in [0, 0.1) is 49.4 Å². The Labute approximate surface area is 122 Å². The van der Waals surface area contributed by atoms with E-state index in [4.69, 9.17) is 0 Å². The third-order valence-electron chi connectivity index (χ3n) is 0. The van der Waals surface area contributed by atoms with Gasteiger partial charge in [-0.3, -0.25) is 0 Å². The first-order valence-electron chi connectivity index (χ1n) is 2.62. The van der Waals surface area contributed by atoms with Gasteiger partial charge in [-0.05, 0) is 0 Å². The molecule has 0 spiro atoms. The summed E-state index contributed by atoms with van der Waals surface area (Å²) in [6.45, 7) is 0. The summed E-state index contributed by atoms with van der Waals surface area (Å²) in [4.78, 5) is 0. The Morgan fingerprint density at radius 3 is 0.312 bits per heavy atom. The van der Waals surface area contributed by atoms with E-state index in [9.17, 15) is 51.8 Å². The van der Waals surface area contributed by atoms with Crippen molar-refractivity contribution >= 4 is 21.8 Å². The van der Waals surface area contributed by atoms with Gasteiger partial charge in [0.15, 0.2) is 0 Å². The summed E-state index contributed by atoms with van der Waals surface area (Å²) in [5, 5.41) is 0. The number of halogens is 12. The molecule has 0 amide bonds. The summed E-state index contributed by atoms with van der Waals surface area (Å²) in [5.74, 6) is 0. The maximum Gasteiger partial charge on any atom is 3.00 e. The van der Waals surface area contributed by atoms with Crippen LogP contribution in [0.25, 0.3) is 0 Å². The molecule has 100 valence electrons. The van der Waals surface area contributed by atoms with Crippen molar-refractivity contribution in [2.45, 2.75) is 0 Å². The molecule has 0 aliphatic rings. The minimum atomic E-state index is -6.00. The first-order chi connectivity index (χ1) is 6.00. The largest absolute Gasteiger partial charge is 3.00 e. The van der Waals surface area contributed by atoms with Crippen LogP contribution in [0.15, 0.2) is 0 Å². The van der Waals surface area contributed by atoms with Gasteiger partial charge in [-0.2, -0.15) is 0 Å². The van der Waals surface area contributed by atoms with E-state index in [1.54, 1.807) is 0 Å². The molecule has 0 saturated carbocycles. The molecule has 0 radical (unpaired) electrons. The van der Waals surface area contributed by atoms with E-state index in [1.165, 1.54) is 0 Å². The molecule has 0 N–H and O–H groups in total. The molecule has 0 rings (SSSR count). The second-order valence-electron chi connectivity index (χ2n) is 1.48. The van der Waals surface area contributed by atoms with Gasteiger partial charge in [0.25, 0.3) is 0 Å². The van der Waals surface area contributed by atoms with E-state index in [1.807, 2.05) is 0 Å². The fraction of sp³-hybridized carbons (Fsp3) is 0. The van der Waals surface area contributed by atoms with Crippen molar-refractivity contribution in [1.82, 2.24) is 0 Å². The second kappa shape index (κ2) is 9.92. The zero-order valence-corrected chi connectivity index (χ0v) is 9.07. The average Bonchev–Trinajstić information content (AvgIpc) is 1.41. The van der Waals surface area contributed by atoms with Crippen molar-refractivity contribution in [3.63, 3.8) is 0 Å². The number of hydrogen-bond donors (Lipinski definition) is 0. The predicted molar refractivity (Wildman–Crippen MR) is 30.6 cm³/mol. The van der Waals surface area contributed by atoms with Crippen molar-refractivity contribution in [1.29, 1.82) is 0 Å². The van der Waals surface area contributed by atoms with Crippen molar-refractivity contribution in [2.75, 3.05) is 0 Å². The third kappa shape index (κ3) is 3290. The smallest absolute Gasteiger partial charge is 0.418 e. The minimum Gasteiger partial charge on any atom is -0.418 e. The van der Waals surface area contributed by atoms with E-state index >= 15 is 0 Å². The van der Waals surface area contributed by atoms with Gasteiger partial charge in [-0.15, -0.1) is 0 Å². The average molecular weight is 412 g/mol. The molecule has 0 aliphatic heterocycles. The molecule has 0 saturated heterocycles. The summed E-state index contributed by atoms with van der Waals surface area (Å²) in [6.07, 6.45) is 0. The molecule has 0 unspecified atom stereocenters. The van der Waals surface area contributed by atoms with Gasteiger partial charge >= 0.3 is 71.1 Å². The van der Waals surface area contributed by atoms with Gasteiger partial charge in [0, 0.05) is 0 Å². The predicted octanol–water partition coefficient (Wildman–Crippen LogP) is 3.90. The topological polar surface area (TPSA) is 0 Å². The fourth-order valence-electron chi connectivity index (χ4n) is 0. The molecular formula is B3EuF12. The van der Waals surface area contributed by atoms with Crippen molar-refractivity contribution < 1.29 is 101 Å². The summed E-state index contributed by atoms with van der Waals surface area (Å²) in [7, 11) is -18.0. The van der Waals surface area contributed by atoms with Gasteiger partial charge in [0.2, 0.25) is 0 Å². The molecule has 0 heterocycles. The minimum absolute atomic E-state index is 0. The Hall–Kier alpha value is 0.939. The van der Waals surface area contributed by atoms with E-state index < -0.39 is 21.8 Å². The van der Waals surface area contributed by atoms with Crippen molar-refractivity contribution in [3.05, 3.63) is 0 Å². The van der Waals surface area contributed by atoms with Gasteiger partial charge in [-0.25, -0.2) is 0 Å². The van der Waals surface area contributed by atoms with Crippen LogP contribution in [-0.2, 0) is 0 Å². The molecule has 0 fully saturated rings. The summed E-state index contributed by atoms with van der Waals surface area (Å²) >= 11 is 0. The normalized spacial score (nSPS) is 11.2. The molecule has 0 aliphatic carbocycles. The summed E-state index contributed by atoms with van der Waals surface area (Å²) in [6, 6.07) is 0. The van der Waals surface area contributed by atoms with E-state index in [0.717, 1.165) is 0 Å². The van der Waals surface area contributed by atoms with E-state index in [2.05, 4.69) is 0 Å². The van der Waals surface area contributed by atoms with Gasteiger partial charge in [0.05, 0.1) is 0 Å². The van der Waals surface area contributed by atoms with Crippen LogP contribution in [0.1, 0.15) is 0 Å². The molecule has 0 aromatic rings. The second-order valence-corrected chi connectivity index (χ2v) is 1.48. The first kappa shape index (κ1) is 25.7. The number of hydrogen-bond acceptors (Lipinski definition) is 0. The van der Waals surface area contributed by atoms with E-state index in [0.29, 0.717) is 0 Å². The zero-order valence-electron chi connectivity index (χ0n) is 6.65. The van der Waals surface area contributed by atoms with Crippen molar-refractivity contribution in [3.8, 4) is 0 Å². The van der Waals surface area contributed by atoms with Crippen LogP contribution >= 0.6 is 0 Å². The molecule has 0 nitrogen and oxygen atoms in total. The van der Waals surface area contributed by atoms with Crippen LogP contribution in [0.2, 0.25) is 0 Å². The Kier molecular flexibility index (Phi) is 15.9. The summed E-state index contributed by atoms with van der Waals surface area (Å²) < 4.78 is 117. The Morgan fingerprint density at radius 2 is 0.312 bits per heavy atom. The van der Waals surface area contributed by atoms with Crippen LogP contribution in [0.5, 0.6) is 0 Å². The van der Waals surface area contributed by atoms with Crippen LogP contribution in [0.3, 0.4) is 0 Å². The van der Waals surface area contributed by atoms with Crippen molar-refractivity contribution in [2.24, 2.45) is 0 Å². The molecule has 16 heavy (non-hydrogen) atoms. The molecule has 0 atom stereocenters. The van der Waals surface area contributed by atoms with Gasteiger partial charge in [0.1, 0.15) is 0 Å². The quantitative estimate of drug-likeness (QED) is 0.418.